The Morgan fingerprint density at radius 3 is 2.57 bits per heavy atom. The lowest BCUT2D eigenvalue weighted by atomic mass is 10.0. The zero-order valence-electron chi connectivity index (χ0n) is 34.9. The maximum absolute atomic E-state index is 14.8. The number of pyridine rings is 1. The molecule has 2 saturated carbocycles. The molecule has 4 aliphatic rings. The summed E-state index contributed by atoms with van der Waals surface area (Å²) in [7, 11) is -2.50. The first-order valence-corrected chi connectivity index (χ1v) is 22.2. The van der Waals surface area contributed by atoms with Crippen molar-refractivity contribution in [2.75, 3.05) is 13.7 Å². The molecule has 0 spiro atoms. The number of nitrogens with zero attached hydrogens (tertiary/aromatic N) is 4. The Morgan fingerprint density at radius 2 is 1.87 bits per heavy atom. The van der Waals surface area contributed by atoms with Crippen LogP contribution in [0.1, 0.15) is 94.6 Å². The monoisotopic (exact) mass is 869 g/mol. The van der Waals surface area contributed by atoms with Crippen molar-refractivity contribution in [3.05, 3.63) is 53.9 Å². The maximum atomic E-state index is 14.8. The predicted octanol–water partition coefficient (Wildman–Crippen LogP) is 4.34. The minimum atomic E-state index is -4.05. The van der Waals surface area contributed by atoms with Gasteiger partial charge in [0.1, 0.15) is 47.5 Å². The van der Waals surface area contributed by atoms with Crippen molar-refractivity contribution in [1.82, 2.24) is 35.0 Å². The normalized spacial score (nSPS) is 25.8. The molecular formula is C42H53F2N7O9S. The lowest BCUT2D eigenvalue weighted by Gasteiger charge is -2.30. The fourth-order valence-corrected chi connectivity index (χ4v) is 9.37. The van der Waals surface area contributed by atoms with Crippen molar-refractivity contribution >= 4 is 44.6 Å². The van der Waals surface area contributed by atoms with Gasteiger partial charge in [0.2, 0.25) is 27.7 Å². The van der Waals surface area contributed by atoms with Gasteiger partial charge in [-0.15, -0.1) is 0 Å². The van der Waals surface area contributed by atoms with Gasteiger partial charge in [-0.1, -0.05) is 25.0 Å². The molecule has 4 heterocycles. The number of ether oxygens (including phenoxy) is 3. The number of benzene rings is 1. The van der Waals surface area contributed by atoms with Crippen LogP contribution in [0.15, 0.2) is 42.6 Å². The molecule has 4 amide bonds. The number of nitrogens with one attached hydrogen (secondary N) is 3. The summed E-state index contributed by atoms with van der Waals surface area (Å²) in [5.74, 6) is -2.15. The Kier molecular flexibility index (Phi) is 12.3. The van der Waals surface area contributed by atoms with Crippen molar-refractivity contribution in [2.24, 2.45) is 5.92 Å². The van der Waals surface area contributed by atoms with Gasteiger partial charge in [0.05, 0.1) is 30.0 Å². The smallest absolute Gasteiger partial charge is 0.272 e. The van der Waals surface area contributed by atoms with E-state index < -0.39 is 81.0 Å². The zero-order chi connectivity index (χ0) is 43.9. The Hall–Kier alpha value is -5.33. The summed E-state index contributed by atoms with van der Waals surface area (Å²) in [5, 5.41) is 10.2. The molecule has 16 nitrogen and oxygen atoms in total. The van der Waals surface area contributed by atoms with E-state index in [9.17, 15) is 36.4 Å². The molecule has 1 aromatic carbocycles. The van der Waals surface area contributed by atoms with Crippen LogP contribution in [-0.4, -0.2) is 106 Å². The number of fused-ring (bicyclic) bond motifs is 3. The summed E-state index contributed by atoms with van der Waals surface area (Å²) in [5.41, 5.74) is -0.459. The third-order valence-electron chi connectivity index (χ3n) is 12.0. The molecule has 5 atom stereocenters. The van der Waals surface area contributed by atoms with E-state index in [1.165, 1.54) is 17.2 Å². The summed E-state index contributed by atoms with van der Waals surface area (Å²) in [4.78, 5) is 62.9. The molecule has 3 fully saturated rings. The number of rotatable bonds is 12. The number of allylic oxidation sites excluding steroid dienone is 1. The number of carbonyl (C=O) groups is 4. The van der Waals surface area contributed by atoms with Crippen LogP contribution in [0.5, 0.6) is 17.4 Å². The number of aromatic nitrogens is 3. The number of alkyl halides is 2. The largest absolute Gasteiger partial charge is 0.496 e. The van der Waals surface area contributed by atoms with Crippen LogP contribution in [0, 0.1) is 12.8 Å². The van der Waals surface area contributed by atoms with Gasteiger partial charge >= 0.3 is 0 Å². The summed E-state index contributed by atoms with van der Waals surface area (Å²) in [6.07, 6.45) is 4.90. The van der Waals surface area contributed by atoms with E-state index in [0.717, 1.165) is 10.2 Å². The topological polar surface area (TPSA) is 200 Å². The van der Waals surface area contributed by atoms with Crippen LogP contribution in [-0.2, 0) is 31.0 Å². The molecule has 7 rings (SSSR count). The third kappa shape index (κ3) is 9.30. The van der Waals surface area contributed by atoms with Crippen LogP contribution in [0.4, 0.5) is 8.78 Å². The quantitative estimate of drug-likeness (QED) is 0.219. The first-order valence-electron chi connectivity index (χ1n) is 20.7. The fourth-order valence-electron chi connectivity index (χ4n) is 8.06. The second kappa shape index (κ2) is 17.2. The number of methoxy groups -OCH3 is 1. The van der Waals surface area contributed by atoms with Gasteiger partial charge in [-0.25, -0.2) is 22.2 Å². The lowest BCUT2D eigenvalue weighted by Crippen LogP contribution is -2.58. The summed E-state index contributed by atoms with van der Waals surface area (Å²) in [6.45, 7) is 6.31. The average Bonchev–Trinajstić information content (AvgIpc) is 3.99. The Bertz CT molecular complexity index is 2330. The molecule has 3 aromatic rings. The Balaban J connectivity index is 1.23. The number of aryl methyl sites for hydroxylation is 1. The Labute approximate surface area is 353 Å². The number of sulfonamides is 1. The van der Waals surface area contributed by atoms with Gasteiger partial charge in [0, 0.05) is 35.6 Å². The minimum Gasteiger partial charge on any atom is -0.496 e. The van der Waals surface area contributed by atoms with Crippen molar-refractivity contribution in [2.45, 2.75) is 133 Å². The predicted molar refractivity (Wildman–Crippen MR) is 219 cm³/mol. The van der Waals surface area contributed by atoms with E-state index in [1.807, 2.05) is 32.9 Å². The molecule has 0 bridgehead atoms. The number of hydrogen-bond acceptors (Lipinski definition) is 11. The molecule has 330 valence electrons. The second-order valence-electron chi connectivity index (χ2n) is 17.0. The molecule has 2 aliphatic heterocycles. The SMILES string of the molecule is COc1ccc2c(O[C@@H]3C[C@H]4C(=O)N[C@]5(C(=O)NS(=O)(=O)C6(C)CC6)C[C@H]5/C=C\CCCCC[C@H](NC(=O)c5ccn(CC(F)F)n5)C(=O)N4C3)cc(OC(C)C)nc2c1C. The van der Waals surface area contributed by atoms with E-state index in [1.54, 1.807) is 32.2 Å². The average molecular weight is 870 g/mol. The summed E-state index contributed by atoms with van der Waals surface area (Å²) >= 11 is 0. The highest BCUT2D eigenvalue weighted by molar-refractivity contribution is 7.91. The number of hydrogen-bond donors (Lipinski definition) is 3. The molecule has 2 aromatic heterocycles. The van der Waals surface area contributed by atoms with Crippen LogP contribution in [0.2, 0.25) is 0 Å². The van der Waals surface area contributed by atoms with E-state index in [-0.39, 0.29) is 43.5 Å². The van der Waals surface area contributed by atoms with Crippen LogP contribution in [0.25, 0.3) is 10.9 Å². The first kappa shape index (κ1) is 43.7. The number of carbonyl (C=O) groups excluding carboxylic acids is 4. The highest BCUT2D eigenvalue weighted by Gasteiger charge is 2.63. The highest BCUT2D eigenvalue weighted by Crippen LogP contribution is 2.47. The standard InChI is InChI=1S/C42H53F2N7O9S/c1-24(2)59-35-20-33(28-13-14-32(58-5)25(3)36(28)46-35)60-27-19-31-38(53)47-42(40(55)49-61(56,57)41(4)16-17-41)21-26(42)11-9-7-6-8-10-12-30(39(54)51(31)22-27)45-37(52)29-15-18-50(48-29)23-34(43)44/h9,11,13-15,18,20,24,26-27,30-31,34H,6-8,10,12,16-17,19,21-23H2,1-5H3,(H,45,52)(H,47,53)(H,49,55)/b11-9-/t26-,27-,30+,31+,42-/m1/s1. The van der Waals surface area contributed by atoms with E-state index in [2.05, 4.69) is 20.5 Å². The summed E-state index contributed by atoms with van der Waals surface area (Å²) < 4.78 is 72.9. The van der Waals surface area contributed by atoms with E-state index in [4.69, 9.17) is 19.2 Å². The molecule has 19 heteroatoms. The third-order valence-corrected chi connectivity index (χ3v) is 14.1. The highest BCUT2D eigenvalue weighted by atomic mass is 32.2. The number of halogens is 2. The van der Waals surface area contributed by atoms with E-state index in [0.29, 0.717) is 60.9 Å². The van der Waals surface area contributed by atoms with Gasteiger partial charge < -0.3 is 29.7 Å². The second-order valence-corrected chi connectivity index (χ2v) is 19.2. The molecule has 3 N–H and O–H groups in total. The molecule has 1 saturated heterocycles. The molecule has 61 heavy (non-hydrogen) atoms. The van der Waals surface area contributed by atoms with Gasteiger partial charge in [0.25, 0.3) is 18.2 Å². The molecule has 0 radical (unpaired) electrons. The molecule has 0 unspecified atom stereocenters. The minimum absolute atomic E-state index is 0.0375. The van der Waals surface area contributed by atoms with Crippen molar-refractivity contribution in [3.63, 3.8) is 0 Å². The van der Waals surface area contributed by atoms with E-state index >= 15 is 0 Å². The van der Waals surface area contributed by atoms with Gasteiger partial charge in [-0.3, -0.25) is 28.6 Å². The molecule has 2 aliphatic carbocycles. The van der Waals surface area contributed by atoms with Gasteiger partial charge in [-0.05, 0) is 84.4 Å². The maximum Gasteiger partial charge on any atom is 0.272 e. The zero-order valence-corrected chi connectivity index (χ0v) is 35.7. The van der Waals surface area contributed by atoms with Crippen LogP contribution in [0.3, 0.4) is 0 Å². The fraction of sp³-hybridized carbons (Fsp3) is 0.571. The van der Waals surface area contributed by atoms with Crippen LogP contribution >= 0.6 is 0 Å². The van der Waals surface area contributed by atoms with Crippen LogP contribution < -0.4 is 29.6 Å². The van der Waals surface area contributed by atoms with Crippen molar-refractivity contribution in [3.8, 4) is 17.4 Å². The summed E-state index contributed by atoms with van der Waals surface area (Å²) in [6, 6.07) is 4.13. The molecular weight excluding hydrogens is 817 g/mol. The van der Waals surface area contributed by atoms with Gasteiger partial charge in [-0.2, -0.15) is 5.10 Å². The van der Waals surface area contributed by atoms with Gasteiger partial charge in [0.15, 0.2) is 0 Å². The Morgan fingerprint density at radius 1 is 1.10 bits per heavy atom. The van der Waals surface area contributed by atoms with Crippen molar-refractivity contribution in [1.29, 1.82) is 0 Å². The lowest BCUT2D eigenvalue weighted by molar-refractivity contribution is -0.141. The number of amides is 4. The first-order chi connectivity index (χ1) is 28.9. The van der Waals surface area contributed by atoms with Crippen molar-refractivity contribution < 1.29 is 50.6 Å².